The van der Waals surface area contributed by atoms with Crippen LogP contribution in [0.1, 0.15) is 17.5 Å². The standard InChI is InChI=1S/C17H18FNO3S/c1-12-3-8-16(13(2)11-12)19-17(20)9-10-23(21,22)15-6-4-14(18)5-7-15/h3-8,11H,9-10H2,1-2H3,(H,19,20). The van der Waals surface area contributed by atoms with Crippen LogP contribution in [0.15, 0.2) is 47.4 Å². The number of rotatable bonds is 5. The van der Waals surface area contributed by atoms with Gasteiger partial charge in [-0.3, -0.25) is 4.79 Å². The Balaban J connectivity index is 1.99. The summed E-state index contributed by atoms with van der Waals surface area (Å²) in [7, 11) is -3.61. The number of hydrogen-bond donors (Lipinski definition) is 1. The summed E-state index contributed by atoms with van der Waals surface area (Å²) in [6.45, 7) is 3.83. The van der Waals surface area contributed by atoms with Crippen molar-refractivity contribution in [2.45, 2.75) is 25.2 Å². The molecular weight excluding hydrogens is 317 g/mol. The van der Waals surface area contributed by atoms with Crippen molar-refractivity contribution in [3.05, 3.63) is 59.4 Å². The molecule has 1 N–H and O–H groups in total. The average molecular weight is 335 g/mol. The minimum Gasteiger partial charge on any atom is -0.326 e. The first-order chi connectivity index (χ1) is 10.8. The second-order valence-corrected chi connectivity index (χ2v) is 7.50. The number of sulfone groups is 1. The van der Waals surface area contributed by atoms with Gasteiger partial charge in [0.2, 0.25) is 5.91 Å². The third-order valence-corrected chi connectivity index (χ3v) is 5.16. The lowest BCUT2D eigenvalue weighted by Crippen LogP contribution is -2.18. The highest BCUT2D eigenvalue weighted by Crippen LogP contribution is 2.17. The van der Waals surface area contributed by atoms with Gasteiger partial charge in [-0.05, 0) is 49.7 Å². The highest BCUT2D eigenvalue weighted by Gasteiger charge is 2.17. The summed E-state index contributed by atoms with van der Waals surface area (Å²) in [5.41, 5.74) is 2.67. The fourth-order valence-electron chi connectivity index (χ4n) is 2.15. The minimum absolute atomic E-state index is 0.0122. The number of benzene rings is 2. The molecule has 2 aromatic carbocycles. The van der Waals surface area contributed by atoms with Crippen LogP contribution in [0.2, 0.25) is 0 Å². The SMILES string of the molecule is Cc1ccc(NC(=O)CCS(=O)(=O)c2ccc(F)cc2)c(C)c1. The number of amides is 1. The molecule has 0 unspecified atom stereocenters. The van der Waals surface area contributed by atoms with Crippen molar-refractivity contribution in [1.82, 2.24) is 0 Å². The van der Waals surface area contributed by atoms with Crippen LogP contribution in [0, 0.1) is 19.7 Å². The Kier molecular flexibility index (Phi) is 5.15. The van der Waals surface area contributed by atoms with Crippen LogP contribution >= 0.6 is 0 Å². The summed E-state index contributed by atoms with van der Waals surface area (Å²) in [5, 5.41) is 2.71. The maximum absolute atomic E-state index is 12.8. The van der Waals surface area contributed by atoms with E-state index in [1.54, 1.807) is 6.07 Å². The Labute approximate surface area is 135 Å². The number of anilines is 1. The lowest BCUT2D eigenvalue weighted by Gasteiger charge is -2.09. The minimum atomic E-state index is -3.61. The molecule has 0 radical (unpaired) electrons. The van der Waals surface area contributed by atoms with Crippen LogP contribution in [-0.2, 0) is 14.6 Å². The predicted octanol–water partition coefficient (Wildman–Crippen LogP) is 3.25. The maximum atomic E-state index is 12.8. The molecule has 0 bridgehead atoms. The van der Waals surface area contributed by atoms with Crippen molar-refractivity contribution in [3.63, 3.8) is 0 Å². The molecule has 0 saturated heterocycles. The number of nitrogens with one attached hydrogen (secondary N) is 1. The van der Waals surface area contributed by atoms with Crippen molar-refractivity contribution >= 4 is 21.4 Å². The van der Waals surface area contributed by atoms with Gasteiger partial charge in [-0.15, -0.1) is 0 Å². The Bertz CT molecular complexity index is 814. The van der Waals surface area contributed by atoms with Gasteiger partial charge >= 0.3 is 0 Å². The van der Waals surface area contributed by atoms with Gasteiger partial charge in [0, 0.05) is 12.1 Å². The first kappa shape index (κ1) is 17.1. The van der Waals surface area contributed by atoms with Crippen LogP contribution in [-0.4, -0.2) is 20.1 Å². The summed E-state index contributed by atoms with van der Waals surface area (Å²) < 4.78 is 37.1. The van der Waals surface area contributed by atoms with Gasteiger partial charge in [-0.25, -0.2) is 12.8 Å². The number of halogens is 1. The van der Waals surface area contributed by atoms with Crippen LogP contribution in [0.5, 0.6) is 0 Å². The van der Waals surface area contributed by atoms with Crippen molar-refractivity contribution in [1.29, 1.82) is 0 Å². The van der Waals surface area contributed by atoms with E-state index in [-0.39, 0.29) is 23.0 Å². The van der Waals surface area contributed by atoms with Crippen molar-refractivity contribution in [2.24, 2.45) is 0 Å². The lowest BCUT2D eigenvalue weighted by atomic mass is 10.1. The summed E-state index contributed by atoms with van der Waals surface area (Å²) >= 11 is 0. The number of aryl methyl sites for hydroxylation is 2. The molecule has 0 saturated carbocycles. The first-order valence-electron chi connectivity index (χ1n) is 7.13. The van der Waals surface area contributed by atoms with E-state index >= 15 is 0 Å². The van der Waals surface area contributed by atoms with E-state index in [2.05, 4.69) is 5.32 Å². The molecule has 0 spiro atoms. The largest absolute Gasteiger partial charge is 0.326 e. The number of carbonyl (C=O) groups excluding carboxylic acids is 1. The molecule has 2 rings (SSSR count). The molecule has 0 heterocycles. The summed E-state index contributed by atoms with van der Waals surface area (Å²) in [6.07, 6.45) is -0.160. The number of carbonyl (C=O) groups is 1. The van der Waals surface area contributed by atoms with E-state index in [1.807, 2.05) is 26.0 Å². The summed E-state index contributed by atoms with van der Waals surface area (Å²) in [5.74, 6) is -1.20. The van der Waals surface area contributed by atoms with Crippen LogP contribution < -0.4 is 5.32 Å². The van der Waals surface area contributed by atoms with Crippen LogP contribution in [0.3, 0.4) is 0 Å². The van der Waals surface area contributed by atoms with E-state index in [9.17, 15) is 17.6 Å². The molecule has 1 amide bonds. The molecule has 0 aliphatic carbocycles. The molecule has 6 heteroatoms. The van der Waals surface area contributed by atoms with Gasteiger partial charge in [0.1, 0.15) is 5.82 Å². The third-order valence-electron chi connectivity index (χ3n) is 3.43. The van der Waals surface area contributed by atoms with Gasteiger partial charge in [-0.2, -0.15) is 0 Å². The Morgan fingerprint density at radius 2 is 1.74 bits per heavy atom. The first-order valence-corrected chi connectivity index (χ1v) is 8.78. The zero-order valence-electron chi connectivity index (χ0n) is 13.0. The Morgan fingerprint density at radius 1 is 1.09 bits per heavy atom. The molecular formula is C17H18FNO3S. The van der Waals surface area contributed by atoms with Gasteiger partial charge in [0.25, 0.3) is 0 Å². The Hall–Kier alpha value is -2.21. The molecule has 0 atom stereocenters. The van der Waals surface area contributed by atoms with Crippen LogP contribution in [0.4, 0.5) is 10.1 Å². The second kappa shape index (κ2) is 6.91. The van der Waals surface area contributed by atoms with E-state index < -0.39 is 15.7 Å². The van der Waals surface area contributed by atoms with E-state index in [0.717, 1.165) is 23.3 Å². The van der Waals surface area contributed by atoms with Gasteiger partial charge in [0.05, 0.1) is 10.6 Å². The smallest absolute Gasteiger partial charge is 0.225 e. The summed E-state index contributed by atoms with van der Waals surface area (Å²) in [6, 6.07) is 10.2. The second-order valence-electron chi connectivity index (χ2n) is 5.39. The van der Waals surface area contributed by atoms with E-state index in [0.29, 0.717) is 5.69 Å². The highest BCUT2D eigenvalue weighted by atomic mass is 32.2. The third kappa shape index (κ3) is 4.63. The fourth-order valence-corrected chi connectivity index (χ4v) is 3.39. The fraction of sp³-hybridized carbons (Fsp3) is 0.235. The predicted molar refractivity (Wildman–Crippen MR) is 87.6 cm³/mol. The maximum Gasteiger partial charge on any atom is 0.225 e. The highest BCUT2D eigenvalue weighted by molar-refractivity contribution is 7.91. The molecule has 23 heavy (non-hydrogen) atoms. The molecule has 0 fully saturated rings. The van der Waals surface area contributed by atoms with E-state index in [1.165, 1.54) is 12.1 Å². The van der Waals surface area contributed by atoms with Crippen molar-refractivity contribution in [2.75, 3.05) is 11.1 Å². The van der Waals surface area contributed by atoms with Crippen LogP contribution in [0.25, 0.3) is 0 Å². The molecule has 0 aliphatic heterocycles. The molecule has 4 nitrogen and oxygen atoms in total. The van der Waals surface area contributed by atoms with Gasteiger partial charge in [0.15, 0.2) is 9.84 Å². The molecule has 122 valence electrons. The van der Waals surface area contributed by atoms with E-state index in [4.69, 9.17) is 0 Å². The number of hydrogen-bond acceptors (Lipinski definition) is 3. The zero-order valence-corrected chi connectivity index (χ0v) is 13.8. The zero-order chi connectivity index (χ0) is 17.0. The molecule has 2 aromatic rings. The van der Waals surface area contributed by atoms with Crippen molar-refractivity contribution in [3.8, 4) is 0 Å². The van der Waals surface area contributed by atoms with Gasteiger partial charge in [-0.1, -0.05) is 17.7 Å². The Morgan fingerprint density at radius 3 is 2.35 bits per heavy atom. The average Bonchev–Trinajstić information content (AvgIpc) is 2.49. The van der Waals surface area contributed by atoms with Crippen molar-refractivity contribution < 1.29 is 17.6 Å². The topological polar surface area (TPSA) is 63.2 Å². The lowest BCUT2D eigenvalue weighted by molar-refractivity contribution is -0.115. The quantitative estimate of drug-likeness (QED) is 0.853. The molecule has 0 aromatic heterocycles. The monoisotopic (exact) mass is 335 g/mol. The van der Waals surface area contributed by atoms with Gasteiger partial charge < -0.3 is 5.32 Å². The summed E-state index contributed by atoms with van der Waals surface area (Å²) in [4.78, 5) is 12.0. The molecule has 0 aliphatic rings. The normalized spacial score (nSPS) is 11.3.